The lowest BCUT2D eigenvalue weighted by molar-refractivity contribution is 0.591. The number of aromatic nitrogens is 1. The summed E-state index contributed by atoms with van der Waals surface area (Å²) in [4.78, 5) is 2.32. The van der Waals surface area contributed by atoms with Crippen LogP contribution in [0.4, 0.5) is 0 Å². The van der Waals surface area contributed by atoms with Gasteiger partial charge >= 0.3 is 0 Å². The maximum atomic E-state index is 13.1. The van der Waals surface area contributed by atoms with Gasteiger partial charge in [-0.05, 0) is 42.5 Å². The van der Waals surface area contributed by atoms with Gasteiger partial charge in [-0.3, -0.25) is 0 Å². The average Bonchev–Trinajstić information content (AvgIpc) is 3.08. The van der Waals surface area contributed by atoms with Crippen LogP contribution in [0.15, 0.2) is 111 Å². The van der Waals surface area contributed by atoms with Gasteiger partial charge in [0, 0.05) is 26.3 Å². The summed E-state index contributed by atoms with van der Waals surface area (Å²) < 4.78 is 28.4. The van der Waals surface area contributed by atoms with Gasteiger partial charge in [-0.2, -0.15) is 0 Å². The zero-order chi connectivity index (χ0) is 19.6. The lowest BCUT2D eigenvalue weighted by Gasteiger charge is -2.20. The second-order valence-electron chi connectivity index (χ2n) is 7.05. The van der Waals surface area contributed by atoms with E-state index < -0.39 is 9.84 Å². The van der Waals surface area contributed by atoms with Crippen molar-refractivity contribution in [3.05, 3.63) is 91.0 Å². The highest BCUT2D eigenvalue weighted by atomic mass is 32.2. The number of para-hydroxylation sites is 2. The molecule has 140 valence electrons. The van der Waals surface area contributed by atoms with Gasteiger partial charge in [0.2, 0.25) is 9.84 Å². The van der Waals surface area contributed by atoms with Crippen LogP contribution >= 0.6 is 11.8 Å². The van der Waals surface area contributed by atoms with Crippen LogP contribution in [-0.4, -0.2) is 13.0 Å². The van der Waals surface area contributed by atoms with Gasteiger partial charge in [0.25, 0.3) is 0 Å². The predicted molar refractivity (Wildman–Crippen MR) is 117 cm³/mol. The molecule has 0 fully saturated rings. The minimum atomic E-state index is -3.50. The summed E-state index contributed by atoms with van der Waals surface area (Å²) in [6.07, 6.45) is 0. The maximum absolute atomic E-state index is 13.1. The molecule has 0 radical (unpaired) electrons. The largest absolute Gasteiger partial charge is 0.309 e. The van der Waals surface area contributed by atoms with Crippen molar-refractivity contribution in [2.75, 3.05) is 0 Å². The third kappa shape index (κ3) is 2.35. The fourth-order valence-corrected chi connectivity index (χ4v) is 7.34. The smallest absolute Gasteiger partial charge is 0.208 e. The maximum Gasteiger partial charge on any atom is 0.208 e. The van der Waals surface area contributed by atoms with Gasteiger partial charge in [0.15, 0.2) is 0 Å². The molecule has 1 aliphatic rings. The Morgan fingerprint density at radius 2 is 1.21 bits per heavy atom. The number of benzene rings is 4. The molecule has 0 bridgehead atoms. The lowest BCUT2D eigenvalue weighted by atomic mass is 10.2. The number of hydrogen-bond acceptors (Lipinski definition) is 3. The molecule has 6 rings (SSSR count). The van der Waals surface area contributed by atoms with Crippen molar-refractivity contribution >= 4 is 43.4 Å². The Morgan fingerprint density at radius 3 is 1.93 bits per heavy atom. The summed E-state index contributed by atoms with van der Waals surface area (Å²) in [6.45, 7) is 0. The number of rotatable bonds is 1. The molecule has 0 atom stereocenters. The van der Waals surface area contributed by atoms with Crippen molar-refractivity contribution in [1.82, 2.24) is 4.57 Å². The molecule has 5 aromatic rings. The van der Waals surface area contributed by atoms with E-state index >= 15 is 0 Å². The van der Waals surface area contributed by atoms with E-state index in [4.69, 9.17) is 0 Å². The zero-order valence-corrected chi connectivity index (χ0v) is 16.9. The summed E-state index contributed by atoms with van der Waals surface area (Å²) in [6, 6.07) is 29.5. The van der Waals surface area contributed by atoms with E-state index in [-0.39, 0.29) is 0 Å². The molecular weight excluding hydrogens is 398 g/mol. The first kappa shape index (κ1) is 16.9. The first-order valence-corrected chi connectivity index (χ1v) is 11.6. The Hall–Kier alpha value is -3.02. The van der Waals surface area contributed by atoms with Gasteiger partial charge in [-0.15, -0.1) is 0 Å². The summed E-state index contributed by atoms with van der Waals surface area (Å²) in [5, 5.41) is 2.37. The first-order chi connectivity index (χ1) is 14.1. The normalized spacial score (nSPS) is 14.6. The number of nitrogens with zero attached hydrogens (tertiary/aromatic N) is 1. The Kier molecular flexibility index (Phi) is 3.49. The molecule has 3 nitrogen and oxygen atoms in total. The molecule has 2 heterocycles. The van der Waals surface area contributed by atoms with Gasteiger partial charge in [0.1, 0.15) is 0 Å². The van der Waals surface area contributed by atoms with Crippen LogP contribution in [0.2, 0.25) is 0 Å². The highest BCUT2D eigenvalue weighted by Gasteiger charge is 2.30. The van der Waals surface area contributed by atoms with E-state index in [1.54, 1.807) is 18.2 Å². The Balaban J connectivity index is 1.64. The molecule has 0 N–H and O–H groups in total. The van der Waals surface area contributed by atoms with Crippen molar-refractivity contribution in [2.24, 2.45) is 0 Å². The third-order valence-corrected chi connectivity index (χ3v) is 8.68. The van der Waals surface area contributed by atoms with Crippen LogP contribution in [0.25, 0.3) is 27.5 Å². The zero-order valence-electron chi connectivity index (χ0n) is 15.2. The summed E-state index contributed by atoms with van der Waals surface area (Å²) in [5.74, 6) is 0. The average molecular weight is 414 g/mol. The summed E-state index contributed by atoms with van der Waals surface area (Å²) in [7, 11) is -3.50. The van der Waals surface area contributed by atoms with E-state index in [0.717, 1.165) is 26.5 Å². The molecule has 0 saturated carbocycles. The van der Waals surface area contributed by atoms with E-state index in [2.05, 4.69) is 28.8 Å². The van der Waals surface area contributed by atoms with Crippen molar-refractivity contribution in [2.45, 2.75) is 19.6 Å². The van der Waals surface area contributed by atoms with E-state index in [1.165, 1.54) is 22.5 Å². The minimum Gasteiger partial charge on any atom is -0.309 e. The molecule has 0 amide bonds. The Bertz CT molecular complexity index is 1500. The van der Waals surface area contributed by atoms with Gasteiger partial charge < -0.3 is 4.57 Å². The summed E-state index contributed by atoms with van der Waals surface area (Å²) in [5.41, 5.74) is 3.18. The summed E-state index contributed by atoms with van der Waals surface area (Å²) >= 11 is 1.51. The lowest BCUT2D eigenvalue weighted by Crippen LogP contribution is -2.09. The van der Waals surface area contributed by atoms with Gasteiger partial charge in [-0.25, -0.2) is 8.42 Å². The molecular formula is C24H15NO2S2. The van der Waals surface area contributed by atoms with Crippen LogP contribution in [0.1, 0.15) is 0 Å². The van der Waals surface area contributed by atoms with E-state index in [9.17, 15) is 8.42 Å². The highest BCUT2D eigenvalue weighted by molar-refractivity contribution is 8.02. The molecule has 1 aliphatic heterocycles. The second kappa shape index (κ2) is 5.99. The molecule has 0 unspecified atom stereocenters. The van der Waals surface area contributed by atoms with Crippen molar-refractivity contribution < 1.29 is 8.42 Å². The van der Waals surface area contributed by atoms with Gasteiger partial charge in [0.05, 0.1) is 20.8 Å². The van der Waals surface area contributed by atoms with Crippen molar-refractivity contribution in [3.8, 4) is 5.69 Å². The first-order valence-electron chi connectivity index (χ1n) is 9.29. The number of sulfone groups is 1. The molecule has 4 aromatic carbocycles. The van der Waals surface area contributed by atoms with Gasteiger partial charge in [-0.1, -0.05) is 60.3 Å². The molecule has 0 aliphatic carbocycles. The molecule has 29 heavy (non-hydrogen) atoms. The standard InChI is InChI=1S/C24H15NO2S2/c26-29(27)23-12-6-5-11-21(23)28-22-15-16(13-14-24(22)29)25-19-9-3-1-7-17(19)18-8-2-4-10-20(18)25/h1-15H. The monoisotopic (exact) mass is 413 g/mol. The SMILES string of the molecule is O=S1(=O)c2ccccc2Sc2cc(-n3c4ccccc4c4ccccc43)ccc21. The fraction of sp³-hybridized carbons (Fsp3) is 0. The fourth-order valence-electron chi connectivity index (χ4n) is 4.13. The number of fused-ring (bicyclic) bond motifs is 5. The molecule has 5 heteroatoms. The van der Waals surface area contributed by atoms with Crippen LogP contribution < -0.4 is 0 Å². The molecule has 0 saturated heterocycles. The third-order valence-electron chi connectivity index (χ3n) is 5.41. The topological polar surface area (TPSA) is 39.1 Å². The van der Waals surface area contributed by atoms with Crippen LogP contribution in [0.3, 0.4) is 0 Å². The van der Waals surface area contributed by atoms with Crippen molar-refractivity contribution in [3.63, 3.8) is 0 Å². The van der Waals surface area contributed by atoms with E-state index in [0.29, 0.717) is 9.79 Å². The predicted octanol–water partition coefficient (Wildman–Crippen LogP) is 6.08. The minimum absolute atomic E-state index is 0.380. The Morgan fingerprint density at radius 1 is 0.621 bits per heavy atom. The van der Waals surface area contributed by atoms with Crippen LogP contribution in [0.5, 0.6) is 0 Å². The van der Waals surface area contributed by atoms with Crippen LogP contribution in [0, 0.1) is 0 Å². The molecule has 0 spiro atoms. The van der Waals surface area contributed by atoms with Crippen molar-refractivity contribution in [1.29, 1.82) is 0 Å². The quantitative estimate of drug-likeness (QED) is 0.328. The van der Waals surface area contributed by atoms with E-state index in [1.807, 2.05) is 48.5 Å². The van der Waals surface area contributed by atoms with Crippen LogP contribution in [-0.2, 0) is 9.84 Å². The second-order valence-corrected chi connectivity index (χ2v) is 10.0. The Labute approximate surface area is 172 Å². The molecule has 1 aromatic heterocycles. The highest BCUT2D eigenvalue weighted by Crippen LogP contribution is 2.45. The number of hydrogen-bond donors (Lipinski definition) is 0.